The van der Waals surface area contributed by atoms with Gasteiger partial charge in [0.25, 0.3) is 0 Å². The zero-order valence-corrected chi connectivity index (χ0v) is 17.4. The van der Waals surface area contributed by atoms with E-state index in [0.717, 1.165) is 5.56 Å². The summed E-state index contributed by atoms with van der Waals surface area (Å²) in [5.74, 6) is 1.43. The van der Waals surface area contributed by atoms with Gasteiger partial charge in [-0.05, 0) is 42.3 Å². The van der Waals surface area contributed by atoms with E-state index in [4.69, 9.17) is 14.2 Å². The number of carbonyl (C=O) groups excluding carboxylic acids is 1. The van der Waals surface area contributed by atoms with Crippen LogP contribution in [0.1, 0.15) is 12.0 Å². The van der Waals surface area contributed by atoms with E-state index in [1.807, 2.05) is 0 Å². The monoisotopic (exact) mass is 420 g/mol. The summed E-state index contributed by atoms with van der Waals surface area (Å²) in [7, 11) is 1.26. The van der Waals surface area contributed by atoms with Crippen LogP contribution in [-0.2, 0) is 21.2 Å². The second-order valence-electron chi connectivity index (χ2n) is 6.54. The number of ether oxygens (including phenoxy) is 3. The Balaban J connectivity index is 1.80. The number of benzene rings is 2. The molecule has 0 aliphatic carbocycles. The highest BCUT2D eigenvalue weighted by Crippen LogP contribution is 2.33. The van der Waals surface area contributed by atoms with Gasteiger partial charge in [0.2, 0.25) is 15.9 Å². The number of hydrogen-bond acceptors (Lipinski definition) is 6. The molecule has 0 atom stereocenters. The Morgan fingerprint density at radius 2 is 1.69 bits per heavy atom. The highest BCUT2D eigenvalue weighted by atomic mass is 32.2. The highest BCUT2D eigenvalue weighted by molar-refractivity contribution is 7.93. The van der Waals surface area contributed by atoms with Crippen LogP contribution in [0.3, 0.4) is 0 Å². The van der Waals surface area contributed by atoms with E-state index in [-0.39, 0.29) is 18.1 Å². The first-order valence-electron chi connectivity index (χ1n) is 9.07. The maximum absolute atomic E-state index is 12.6. The van der Waals surface area contributed by atoms with E-state index in [1.54, 1.807) is 43.5 Å². The molecule has 0 spiro atoms. The molecule has 0 saturated carbocycles. The summed E-state index contributed by atoms with van der Waals surface area (Å²) in [5, 5.41) is 2.81. The molecule has 0 aromatic heterocycles. The van der Waals surface area contributed by atoms with Gasteiger partial charge in [0, 0.05) is 6.54 Å². The molecule has 3 rings (SSSR count). The molecule has 1 aliphatic heterocycles. The maximum Gasteiger partial charge on any atom is 0.235 e. The Morgan fingerprint density at radius 3 is 2.31 bits per heavy atom. The standard InChI is InChI=1S/C20H24N2O6S/c1-26-17-8-6-15(22-9-4-10-29(22,24)25)13-16(17)21-20(23)12-14-5-7-18(27-2)19(11-14)28-3/h5-8,11,13H,4,9-10,12H2,1-3H3,(H,21,23). The van der Waals surface area contributed by atoms with Gasteiger partial charge in [0.1, 0.15) is 5.75 Å². The first kappa shape index (κ1) is 20.8. The van der Waals surface area contributed by atoms with Gasteiger partial charge in [-0.15, -0.1) is 0 Å². The van der Waals surface area contributed by atoms with Gasteiger partial charge in [-0.3, -0.25) is 9.10 Å². The fourth-order valence-corrected chi connectivity index (χ4v) is 4.81. The Labute approximate surface area is 170 Å². The van der Waals surface area contributed by atoms with Gasteiger partial charge >= 0.3 is 0 Å². The lowest BCUT2D eigenvalue weighted by atomic mass is 10.1. The number of rotatable bonds is 7. The van der Waals surface area contributed by atoms with E-state index in [0.29, 0.717) is 41.6 Å². The molecule has 1 heterocycles. The van der Waals surface area contributed by atoms with Crippen molar-refractivity contribution in [2.75, 3.05) is 43.2 Å². The molecule has 0 bridgehead atoms. The predicted molar refractivity (Wildman–Crippen MR) is 111 cm³/mol. The van der Waals surface area contributed by atoms with Crippen molar-refractivity contribution in [1.82, 2.24) is 0 Å². The quantitative estimate of drug-likeness (QED) is 0.739. The summed E-state index contributed by atoms with van der Waals surface area (Å²) >= 11 is 0. The molecule has 9 heteroatoms. The molecule has 1 aliphatic rings. The van der Waals surface area contributed by atoms with Crippen LogP contribution in [-0.4, -0.2) is 48.0 Å². The molecule has 29 heavy (non-hydrogen) atoms. The van der Waals surface area contributed by atoms with E-state index in [9.17, 15) is 13.2 Å². The Kier molecular flexibility index (Phi) is 6.17. The number of methoxy groups -OCH3 is 3. The summed E-state index contributed by atoms with van der Waals surface area (Å²) in [6, 6.07) is 10.2. The molecular weight excluding hydrogens is 396 g/mol. The lowest BCUT2D eigenvalue weighted by Crippen LogP contribution is -2.25. The molecule has 0 radical (unpaired) electrons. The van der Waals surface area contributed by atoms with Crippen molar-refractivity contribution in [3.8, 4) is 17.2 Å². The van der Waals surface area contributed by atoms with Gasteiger partial charge < -0.3 is 19.5 Å². The third-order valence-electron chi connectivity index (χ3n) is 4.66. The van der Waals surface area contributed by atoms with Crippen LogP contribution in [0.5, 0.6) is 17.2 Å². The molecule has 8 nitrogen and oxygen atoms in total. The molecule has 1 saturated heterocycles. The van der Waals surface area contributed by atoms with E-state index in [2.05, 4.69) is 5.32 Å². The van der Waals surface area contributed by atoms with Crippen molar-refractivity contribution < 1.29 is 27.4 Å². The summed E-state index contributed by atoms with van der Waals surface area (Å²) in [5.41, 5.74) is 1.67. The smallest absolute Gasteiger partial charge is 0.235 e. The number of anilines is 2. The van der Waals surface area contributed by atoms with Crippen molar-refractivity contribution in [3.05, 3.63) is 42.0 Å². The molecular formula is C20H24N2O6S. The van der Waals surface area contributed by atoms with Crippen molar-refractivity contribution in [1.29, 1.82) is 0 Å². The average Bonchev–Trinajstić information content (AvgIpc) is 3.06. The van der Waals surface area contributed by atoms with Crippen LogP contribution in [0.2, 0.25) is 0 Å². The van der Waals surface area contributed by atoms with Crippen molar-refractivity contribution in [2.45, 2.75) is 12.8 Å². The number of nitrogens with zero attached hydrogens (tertiary/aromatic N) is 1. The maximum atomic E-state index is 12.6. The summed E-state index contributed by atoms with van der Waals surface area (Å²) in [6.07, 6.45) is 0.686. The minimum atomic E-state index is -3.31. The minimum absolute atomic E-state index is 0.107. The predicted octanol–water partition coefficient (Wildman–Crippen LogP) is 2.43. The first-order chi connectivity index (χ1) is 13.9. The number of amides is 1. The molecule has 0 unspecified atom stereocenters. The second-order valence-corrected chi connectivity index (χ2v) is 8.55. The van der Waals surface area contributed by atoms with Gasteiger partial charge in [0.05, 0.1) is 44.9 Å². The van der Waals surface area contributed by atoms with Crippen LogP contribution in [0, 0.1) is 0 Å². The second kappa shape index (κ2) is 8.60. The summed E-state index contributed by atoms with van der Waals surface area (Å²) in [4.78, 5) is 12.6. The molecule has 156 valence electrons. The van der Waals surface area contributed by atoms with Gasteiger partial charge in [-0.25, -0.2) is 8.42 Å². The van der Waals surface area contributed by atoms with Gasteiger partial charge in [0.15, 0.2) is 11.5 Å². The van der Waals surface area contributed by atoms with Crippen LogP contribution < -0.4 is 23.8 Å². The largest absolute Gasteiger partial charge is 0.495 e. The number of sulfonamides is 1. The van der Waals surface area contributed by atoms with Crippen LogP contribution in [0.4, 0.5) is 11.4 Å². The molecule has 2 aromatic carbocycles. The average molecular weight is 420 g/mol. The van der Waals surface area contributed by atoms with Crippen molar-refractivity contribution in [3.63, 3.8) is 0 Å². The number of hydrogen-bond donors (Lipinski definition) is 1. The normalized spacial score (nSPS) is 15.1. The topological polar surface area (TPSA) is 94.2 Å². The summed E-state index contributed by atoms with van der Waals surface area (Å²) in [6.45, 7) is 0.424. The highest BCUT2D eigenvalue weighted by Gasteiger charge is 2.29. The van der Waals surface area contributed by atoms with Crippen LogP contribution >= 0.6 is 0 Å². The minimum Gasteiger partial charge on any atom is -0.495 e. The molecule has 1 fully saturated rings. The van der Waals surface area contributed by atoms with Crippen LogP contribution in [0.15, 0.2) is 36.4 Å². The fourth-order valence-electron chi connectivity index (χ4n) is 3.25. The SMILES string of the molecule is COc1ccc(N2CCCS2(=O)=O)cc1NC(=O)Cc1ccc(OC)c(OC)c1. The van der Waals surface area contributed by atoms with Gasteiger partial charge in [-0.1, -0.05) is 6.07 Å². The zero-order valence-electron chi connectivity index (χ0n) is 16.6. The Hall–Kier alpha value is -2.94. The van der Waals surface area contributed by atoms with Crippen LogP contribution in [0.25, 0.3) is 0 Å². The molecule has 1 amide bonds. The lowest BCUT2D eigenvalue weighted by molar-refractivity contribution is -0.115. The van der Waals surface area contributed by atoms with Crippen molar-refractivity contribution in [2.24, 2.45) is 0 Å². The Morgan fingerprint density at radius 1 is 1.00 bits per heavy atom. The number of nitrogens with one attached hydrogen (secondary N) is 1. The fraction of sp³-hybridized carbons (Fsp3) is 0.350. The third kappa shape index (κ3) is 4.56. The Bertz CT molecular complexity index is 1010. The first-order valence-corrected chi connectivity index (χ1v) is 10.7. The van der Waals surface area contributed by atoms with E-state index in [1.165, 1.54) is 18.5 Å². The van der Waals surface area contributed by atoms with E-state index < -0.39 is 10.0 Å². The number of carbonyl (C=O) groups is 1. The summed E-state index contributed by atoms with van der Waals surface area (Å²) < 4.78 is 41.5. The van der Waals surface area contributed by atoms with Crippen molar-refractivity contribution >= 4 is 27.3 Å². The lowest BCUT2D eigenvalue weighted by Gasteiger charge is -2.19. The molecule has 2 aromatic rings. The molecule has 1 N–H and O–H groups in total. The third-order valence-corrected chi connectivity index (χ3v) is 6.53. The zero-order chi connectivity index (χ0) is 21.0. The van der Waals surface area contributed by atoms with Gasteiger partial charge in [-0.2, -0.15) is 0 Å². The van der Waals surface area contributed by atoms with E-state index >= 15 is 0 Å².